The van der Waals surface area contributed by atoms with Gasteiger partial charge in [0.1, 0.15) is 5.82 Å². The van der Waals surface area contributed by atoms with Crippen molar-refractivity contribution >= 4 is 22.4 Å². The number of anilines is 2. The second-order valence-corrected chi connectivity index (χ2v) is 4.58. The highest BCUT2D eigenvalue weighted by molar-refractivity contribution is 5.95. The van der Waals surface area contributed by atoms with Crippen molar-refractivity contribution in [3.05, 3.63) is 47.8 Å². The Morgan fingerprint density at radius 3 is 2.55 bits per heavy atom. The maximum atomic E-state index is 12.9. The first-order chi connectivity index (χ1) is 9.65. The van der Waals surface area contributed by atoms with E-state index in [-0.39, 0.29) is 11.9 Å². The zero-order valence-corrected chi connectivity index (χ0v) is 10.8. The minimum absolute atomic E-state index is 0.0147. The molecule has 20 heavy (non-hydrogen) atoms. The van der Waals surface area contributed by atoms with E-state index in [0.29, 0.717) is 16.7 Å². The Hall–Kier alpha value is -2.63. The van der Waals surface area contributed by atoms with Gasteiger partial charge in [-0.3, -0.25) is 0 Å². The Balaban J connectivity index is 1.91. The average Bonchev–Trinajstić information content (AvgIpc) is 2.93. The summed E-state index contributed by atoms with van der Waals surface area (Å²) in [5, 5.41) is 10.9. The molecule has 0 aliphatic rings. The van der Waals surface area contributed by atoms with Crippen LogP contribution in [0.15, 0.2) is 41.0 Å². The van der Waals surface area contributed by atoms with Crippen LogP contribution in [0.5, 0.6) is 0 Å². The van der Waals surface area contributed by atoms with Crippen LogP contribution >= 0.6 is 0 Å². The van der Waals surface area contributed by atoms with Crippen LogP contribution in [0, 0.1) is 5.82 Å². The molecule has 1 unspecified atom stereocenters. The van der Waals surface area contributed by atoms with Crippen molar-refractivity contribution in [1.29, 1.82) is 0 Å². The van der Waals surface area contributed by atoms with Gasteiger partial charge in [0, 0.05) is 6.04 Å². The number of rotatable bonds is 3. The molecule has 0 bridgehead atoms. The van der Waals surface area contributed by atoms with Crippen molar-refractivity contribution in [2.75, 3.05) is 11.1 Å². The van der Waals surface area contributed by atoms with Gasteiger partial charge in [0.05, 0.1) is 11.4 Å². The summed E-state index contributed by atoms with van der Waals surface area (Å²) in [6.45, 7) is 1.98. The second-order valence-electron chi connectivity index (χ2n) is 4.58. The largest absolute Gasteiger partial charge is 0.397 e. The van der Waals surface area contributed by atoms with Crippen LogP contribution in [0.25, 0.3) is 11.0 Å². The van der Waals surface area contributed by atoms with Gasteiger partial charge in [-0.25, -0.2) is 9.02 Å². The van der Waals surface area contributed by atoms with Crippen LogP contribution < -0.4 is 11.1 Å². The quantitative estimate of drug-likeness (QED) is 0.716. The molecule has 102 valence electrons. The molecule has 1 atom stereocenters. The van der Waals surface area contributed by atoms with Gasteiger partial charge in [-0.2, -0.15) is 0 Å². The van der Waals surface area contributed by atoms with Gasteiger partial charge in [-0.1, -0.05) is 12.1 Å². The number of nitrogen functional groups attached to an aromatic ring is 1. The average molecular weight is 272 g/mol. The van der Waals surface area contributed by atoms with Crippen LogP contribution in [0.2, 0.25) is 0 Å². The van der Waals surface area contributed by atoms with E-state index in [9.17, 15) is 4.39 Å². The molecule has 0 aliphatic heterocycles. The number of nitrogens with zero attached hydrogens (tertiary/aromatic N) is 2. The minimum atomic E-state index is -0.253. The van der Waals surface area contributed by atoms with Crippen LogP contribution in [0.1, 0.15) is 18.5 Å². The molecule has 2 aromatic carbocycles. The summed E-state index contributed by atoms with van der Waals surface area (Å²) in [6, 6.07) is 9.89. The van der Waals surface area contributed by atoms with Crippen molar-refractivity contribution in [2.45, 2.75) is 13.0 Å². The third-order valence-electron chi connectivity index (χ3n) is 3.19. The summed E-state index contributed by atoms with van der Waals surface area (Å²) < 4.78 is 17.6. The highest BCUT2D eigenvalue weighted by atomic mass is 19.1. The Bertz CT molecular complexity index is 739. The van der Waals surface area contributed by atoms with Gasteiger partial charge in [0.25, 0.3) is 0 Å². The highest BCUT2D eigenvalue weighted by Gasteiger charge is 2.12. The van der Waals surface area contributed by atoms with Crippen molar-refractivity contribution in [1.82, 2.24) is 10.3 Å². The van der Waals surface area contributed by atoms with Crippen LogP contribution in [-0.4, -0.2) is 10.3 Å². The topological polar surface area (TPSA) is 77.0 Å². The zero-order valence-electron chi connectivity index (χ0n) is 10.8. The summed E-state index contributed by atoms with van der Waals surface area (Å²) in [4.78, 5) is 0. The fourth-order valence-electron chi connectivity index (χ4n) is 2.07. The van der Waals surface area contributed by atoms with E-state index in [0.717, 1.165) is 11.3 Å². The van der Waals surface area contributed by atoms with E-state index in [1.54, 1.807) is 18.2 Å². The first-order valence-corrected chi connectivity index (χ1v) is 6.18. The Morgan fingerprint density at radius 1 is 1.10 bits per heavy atom. The molecule has 1 heterocycles. The third-order valence-corrected chi connectivity index (χ3v) is 3.19. The molecule has 3 aromatic rings. The van der Waals surface area contributed by atoms with Crippen LogP contribution in [0.3, 0.4) is 0 Å². The lowest BCUT2D eigenvalue weighted by Gasteiger charge is -2.15. The van der Waals surface area contributed by atoms with Gasteiger partial charge in [-0.15, -0.1) is 0 Å². The van der Waals surface area contributed by atoms with E-state index in [4.69, 9.17) is 10.4 Å². The molecule has 0 aliphatic carbocycles. The highest BCUT2D eigenvalue weighted by Crippen LogP contribution is 2.28. The van der Waals surface area contributed by atoms with E-state index >= 15 is 0 Å². The van der Waals surface area contributed by atoms with Gasteiger partial charge in [-0.05, 0) is 47.1 Å². The van der Waals surface area contributed by atoms with Crippen molar-refractivity contribution in [3.8, 4) is 0 Å². The number of halogens is 1. The normalized spacial score (nSPS) is 12.5. The molecule has 0 saturated carbocycles. The number of nitrogens with two attached hydrogens (primary N) is 1. The number of nitrogens with one attached hydrogen (secondary N) is 1. The fourth-order valence-corrected chi connectivity index (χ4v) is 2.07. The zero-order chi connectivity index (χ0) is 14.1. The maximum Gasteiger partial charge on any atom is 0.160 e. The number of hydrogen-bond donors (Lipinski definition) is 2. The molecule has 1 aromatic heterocycles. The van der Waals surface area contributed by atoms with E-state index in [1.165, 1.54) is 12.1 Å². The fraction of sp³-hybridized carbons (Fsp3) is 0.143. The molecule has 0 fully saturated rings. The number of fused-ring (bicyclic) bond motifs is 1. The molecule has 0 radical (unpaired) electrons. The summed E-state index contributed by atoms with van der Waals surface area (Å²) in [6.07, 6.45) is 0. The lowest BCUT2D eigenvalue weighted by atomic mass is 10.1. The number of benzene rings is 2. The SMILES string of the molecule is CC(Nc1ccc(N)c2nonc12)c1ccc(F)cc1. The summed E-state index contributed by atoms with van der Waals surface area (Å²) >= 11 is 0. The summed E-state index contributed by atoms with van der Waals surface area (Å²) in [5.74, 6) is -0.253. The molecule has 6 heteroatoms. The van der Waals surface area contributed by atoms with Gasteiger partial charge >= 0.3 is 0 Å². The smallest absolute Gasteiger partial charge is 0.160 e. The first-order valence-electron chi connectivity index (χ1n) is 6.18. The van der Waals surface area contributed by atoms with Gasteiger partial charge in [0.15, 0.2) is 11.0 Å². The molecule has 0 saturated heterocycles. The molecule has 0 spiro atoms. The van der Waals surface area contributed by atoms with Crippen LogP contribution in [-0.2, 0) is 0 Å². The van der Waals surface area contributed by atoms with E-state index in [1.807, 2.05) is 13.0 Å². The lowest BCUT2D eigenvalue weighted by molar-refractivity contribution is 0.315. The molecular weight excluding hydrogens is 259 g/mol. The minimum Gasteiger partial charge on any atom is -0.397 e. The Morgan fingerprint density at radius 2 is 1.80 bits per heavy atom. The summed E-state index contributed by atoms with van der Waals surface area (Å²) in [7, 11) is 0. The predicted molar refractivity (Wildman–Crippen MR) is 74.7 cm³/mol. The Kier molecular flexibility index (Phi) is 2.98. The van der Waals surface area contributed by atoms with E-state index < -0.39 is 0 Å². The summed E-state index contributed by atoms with van der Waals surface area (Å²) in [5.41, 5.74) is 9.16. The van der Waals surface area contributed by atoms with Crippen molar-refractivity contribution < 1.29 is 9.02 Å². The van der Waals surface area contributed by atoms with E-state index in [2.05, 4.69) is 15.6 Å². The molecule has 3 rings (SSSR count). The first kappa shape index (κ1) is 12.4. The van der Waals surface area contributed by atoms with Gasteiger partial charge in [0.2, 0.25) is 0 Å². The van der Waals surface area contributed by atoms with Gasteiger partial charge < -0.3 is 11.1 Å². The number of aromatic nitrogens is 2. The third kappa shape index (κ3) is 2.16. The van der Waals surface area contributed by atoms with Crippen LogP contribution in [0.4, 0.5) is 15.8 Å². The lowest BCUT2D eigenvalue weighted by Crippen LogP contribution is -2.07. The van der Waals surface area contributed by atoms with Crippen molar-refractivity contribution in [3.63, 3.8) is 0 Å². The van der Waals surface area contributed by atoms with Crippen molar-refractivity contribution in [2.24, 2.45) is 0 Å². The monoisotopic (exact) mass is 272 g/mol. The molecule has 0 amide bonds. The number of hydrogen-bond acceptors (Lipinski definition) is 5. The standard InChI is InChI=1S/C14H13FN4O/c1-8(9-2-4-10(15)5-3-9)17-12-7-6-11(16)13-14(12)19-20-18-13/h2-8,17H,16H2,1H3. The predicted octanol–water partition coefficient (Wildman–Crippen LogP) is 3.12. The molecular formula is C14H13FN4O. The Labute approximate surface area is 114 Å². The second kappa shape index (κ2) is 4.80. The molecule has 3 N–H and O–H groups in total. The molecule has 5 nitrogen and oxygen atoms in total. The maximum absolute atomic E-state index is 12.9.